The summed E-state index contributed by atoms with van der Waals surface area (Å²) in [6.07, 6.45) is -5.22. The van der Waals surface area contributed by atoms with Crippen LogP contribution in [0.3, 0.4) is 0 Å². The van der Waals surface area contributed by atoms with Crippen LogP contribution in [0.25, 0.3) is 0 Å². The van der Waals surface area contributed by atoms with Crippen LogP contribution < -0.4 is 5.14 Å². The summed E-state index contributed by atoms with van der Waals surface area (Å²) in [5.41, 5.74) is -4.58. The van der Waals surface area contributed by atoms with Crippen molar-refractivity contribution >= 4 is 10.3 Å². The highest BCUT2D eigenvalue weighted by Gasteiger charge is 2.79. The van der Waals surface area contributed by atoms with Gasteiger partial charge in [0.2, 0.25) is 5.79 Å². The maximum absolute atomic E-state index is 12.0. The number of nitrogens with two attached hydrogens (primary N) is 1. The Balaban J connectivity index is 2.35. The standard InChI is InChI=1S/C20H37NO8S/c1-11-17(8)24-14-13-18(9,28-19(10,25-13)12(2)3)15(4,5)26-20(14,27-17)16(6,7)29-30(21,22)23/h12-14H,11H2,1-10H3,(H2,21,22,23)/t13-,14-,17?,18-,19?,20+/m0/s1/i8D3,11D2. The van der Waals surface area contributed by atoms with Gasteiger partial charge in [-0.05, 0) is 54.8 Å². The van der Waals surface area contributed by atoms with Gasteiger partial charge in [0.05, 0.1) is 5.60 Å². The van der Waals surface area contributed by atoms with Gasteiger partial charge >= 0.3 is 10.3 Å². The number of hydrogen-bond donors (Lipinski definition) is 1. The molecular weight excluding hydrogens is 414 g/mol. The zero-order chi connectivity index (χ0) is 27.5. The second-order valence-electron chi connectivity index (χ2n) is 9.79. The molecule has 3 fully saturated rings. The average molecular weight is 457 g/mol. The fraction of sp³-hybridized carbons (Fsp3) is 1.00. The molecule has 3 aliphatic heterocycles. The summed E-state index contributed by atoms with van der Waals surface area (Å²) in [6, 6.07) is 0. The van der Waals surface area contributed by atoms with Crippen LogP contribution in [-0.2, 0) is 38.2 Å². The number of fused-ring (bicyclic) bond motifs is 3. The van der Waals surface area contributed by atoms with Gasteiger partial charge in [0.1, 0.15) is 23.4 Å². The molecule has 2 unspecified atom stereocenters. The van der Waals surface area contributed by atoms with Crippen molar-refractivity contribution in [2.45, 2.75) is 122 Å². The Kier molecular flexibility index (Phi) is 3.99. The number of rotatable bonds is 5. The second kappa shape index (κ2) is 6.60. The van der Waals surface area contributed by atoms with Crippen molar-refractivity contribution < 1.29 is 43.1 Å². The first-order valence-electron chi connectivity index (χ1n) is 12.4. The molecule has 3 rings (SSSR count). The molecule has 0 spiro atoms. The number of hydrogen-bond acceptors (Lipinski definition) is 8. The van der Waals surface area contributed by atoms with Gasteiger partial charge in [0.25, 0.3) is 0 Å². The Morgan fingerprint density at radius 3 is 2.20 bits per heavy atom. The predicted octanol–water partition coefficient (Wildman–Crippen LogP) is 2.58. The van der Waals surface area contributed by atoms with Gasteiger partial charge in [0, 0.05) is 12.8 Å². The third-order valence-corrected chi connectivity index (χ3v) is 7.35. The van der Waals surface area contributed by atoms with E-state index in [9.17, 15) is 8.42 Å². The highest BCUT2D eigenvalue weighted by atomic mass is 32.2. The van der Waals surface area contributed by atoms with Gasteiger partial charge < -0.3 is 23.7 Å². The van der Waals surface area contributed by atoms with E-state index in [4.69, 9.17) is 39.9 Å². The van der Waals surface area contributed by atoms with Crippen molar-refractivity contribution in [2.24, 2.45) is 11.1 Å². The first-order valence-corrected chi connectivity index (χ1v) is 11.4. The molecule has 176 valence electrons. The lowest BCUT2D eigenvalue weighted by molar-refractivity contribution is -0.392. The van der Waals surface area contributed by atoms with Crippen molar-refractivity contribution in [1.82, 2.24) is 0 Å². The van der Waals surface area contributed by atoms with E-state index in [2.05, 4.69) is 0 Å². The fourth-order valence-electron chi connectivity index (χ4n) is 4.36. The largest absolute Gasteiger partial charge is 0.341 e. The molecule has 30 heavy (non-hydrogen) atoms. The smallest absolute Gasteiger partial charge is 0.333 e. The topological polar surface area (TPSA) is 116 Å². The van der Waals surface area contributed by atoms with E-state index in [1.807, 2.05) is 13.8 Å². The lowest BCUT2D eigenvalue weighted by atomic mass is 9.72. The van der Waals surface area contributed by atoms with Crippen LogP contribution in [0.5, 0.6) is 0 Å². The quantitative estimate of drug-likeness (QED) is 0.671. The molecule has 3 saturated heterocycles. The summed E-state index contributed by atoms with van der Waals surface area (Å²) in [4.78, 5) is 0. The Labute approximate surface area is 187 Å². The molecule has 0 aromatic rings. The Morgan fingerprint density at radius 1 is 1.13 bits per heavy atom. The van der Waals surface area contributed by atoms with Crippen LogP contribution in [0.15, 0.2) is 0 Å². The minimum atomic E-state index is -4.62. The third kappa shape index (κ3) is 3.35. The molecule has 2 N–H and O–H groups in total. The van der Waals surface area contributed by atoms with Crippen molar-refractivity contribution in [3.63, 3.8) is 0 Å². The highest BCUT2D eigenvalue weighted by molar-refractivity contribution is 7.84. The summed E-state index contributed by atoms with van der Waals surface area (Å²) in [6.45, 7) is 10.9. The minimum Gasteiger partial charge on any atom is -0.341 e. The maximum atomic E-state index is 12.0. The lowest BCUT2D eigenvalue weighted by Gasteiger charge is -2.57. The Morgan fingerprint density at radius 2 is 1.73 bits per heavy atom. The maximum Gasteiger partial charge on any atom is 0.333 e. The van der Waals surface area contributed by atoms with Crippen LogP contribution in [0.4, 0.5) is 0 Å². The fourth-order valence-corrected chi connectivity index (χ4v) is 5.05. The molecule has 0 aromatic heterocycles. The van der Waals surface area contributed by atoms with E-state index >= 15 is 0 Å². The molecule has 0 saturated carbocycles. The van der Waals surface area contributed by atoms with E-state index in [0.29, 0.717) is 0 Å². The van der Waals surface area contributed by atoms with Crippen LogP contribution in [0.1, 0.15) is 82.4 Å². The van der Waals surface area contributed by atoms with Gasteiger partial charge in [-0.25, -0.2) is 9.32 Å². The van der Waals surface area contributed by atoms with Gasteiger partial charge in [0.15, 0.2) is 11.6 Å². The third-order valence-electron chi connectivity index (χ3n) is 6.70. The second-order valence-corrected chi connectivity index (χ2v) is 10.9. The predicted molar refractivity (Wildman–Crippen MR) is 108 cm³/mol. The molecule has 6 atom stereocenters. The molecule has 0 bridgehead atoms. The first kappa shape index (κ1) is 18.1. The summed E-state index contributed by atoms with van der Waals surface area (Å²) >= 11 is 0. The lowest BCUT2D eigenvalue weighted by Crippen LogP contribution is -2.76. The SMILES string of the molecule is [2H]C([2H])([2H])C1(C([2H])([2H])C)O[C@H]2[C@@H]3OC(C)(C(C)C)O[C@]3(C)C(C)(C)O[C@@]2(C(C)(C)OS(N)(=O)=O)O1. The monoisotopic (exact) mass is 456 g/mol. The molecule has 9 nitrogen and oxygen atoms in total. The van der Waals surface area contributed by atoms with Gasteiger partial charge in [-0.15, -0.1) is 0 Å². The Bertz CT molecular complexity index is 967. The number of ether oxygens (including phenoxy) is 5. The zero-order valence-electron chi connectivity index (χ0n) is 24.0. The molecule has 0 aliphatic carbocycles. The van der Waals surface area contributed by atoms with Crippen LogP contribution in [-0.4, -0.2) is 54.8 Å². The average Bonchev–Trinajstić information content (AvgIpc) is 3.07. The van der Waals surface area contributed by atoms with Crippen molar-refractivity contribution in [3.8, 4) is 0 Å². The van der Waals surface area contributed by atoms with Gasteiger partial charge in [-0.2, -0.15) is 8.42 Å². The molecule has 0 aromatic carbocycles. The van der Waals surface area contributed by atoms with Gasteiger partial charge in [-0.1, -0.05) is 20.8 Å². The van der Waals surface area contributed by atoms with E-state index in [0.717, 1.165) is 6.92 Å². The Hall–Kier alpha value is -0.330. The summed E-state index contributed by atoms with van der Waals surface area (Å²) < 4.78 is 102. The van der Waals surface area contributed by atoms with Crippen LogP contribution in [0, 0.1) is 5.92 Å². The van der Waals surface area contributed by atoms with Gasteiger partial charge in [-0.3, -0.25) is 0 Å². The highest BCUT2D eigenvalue weighted by Crippen LogP contribution is 2.61. The van der Waals surface area contributed by atoms with Crippen LogP contribution in [0.2, 0.25) is 0 Å². The van der Waals surface area contributed by atoms with E-state index in [1.165, 1.54) is 13.8 Å². The zero-order valence-corrected chi connectivity index (χ0v) is 19.8. The molecule has 3 heterocycles. The molecular formula is C20H37NO8S. The molecule has 0 radical (unpaired) electrons. The normalized spacial score (nSPS) is 49.5. The molecule has 3 aliphatic rings. The van der Waals surface area contributed by atoms with Crippen molar-refractivity contribution in [3.05, 3.63) is 0 Å². The molecule has 10 heteroatoms. The first-order chi connectivity index (χ1) is 15.2. The summed E-state index contributed by atoms with van der Waals surface area (Å²) in [5, 5.41) is 5.19. The van der Waals surface area contributed by atoms with E-state index < -0.39 is 69.9 Å². The minimum absolute atomic E-state index is 0.170. The summed E-state index contributed by atoms with van der Waals surface area (Å²) in [7, 11) is -4.62. The molecule has 0 amide bonds. The summed E-state index contributed by atoms with van der Waals surface area (Å²) in [5.74, 6) is -6.53. The van der Waals surface area contributed by atoms with Crippen molar-refractivity contribution in [2.75, 3.05) is 0 Å². The van der Waals surface area contributed by atoms with Crippen LogP contribution >= 0.6 is 0 Å². The van der Waals surface area contributed by atoms with Crippen molar-refractivity contribution in [1.29, 1.82) is 0 Å². The van der Waals surface area contributed by atoms with E-state index in [-0.39, 0.29) is 5.92 Å². The van der Waals surface area contributed by atoms with E-state index in [1.54, 1.807) is 27.7 Å².